The van der Waals surface area contributed by atoms with Crippen molar-refractivity contribution in [1.29, 1.82) is 0 Å². The van der Waals surface area contributed by atoms with Gasteiger partial charge < -0.3 is 0 Å². The van der Waals surface area contributed by atoms with Crippen LogP contribution in [0.4, 0.5) is 0 Å². The molecule has 5 rings (SSSR count). The van der Waals surface area contributed by atoms with Gasteiger partial charge in [-0.3, -0.25) is 14.1 Å². The summed E-state index contributed by atoms with van der Waals surface area (Å²) in [4.78, 5) is 11.2. The van der Waals surface area contributed by atoms with Crippen LogP contribution in [-0.4, -0.2) is 24.1 Å². The van der Waals surface area contributed by atoms with Gasteiger partial charge in [0.25, 0.3) is 0 Å². The molecule has 0 aliphatic carbocycles. The van der Waals surface area contributed by atoms with E-state index in [9.17, 15) is 0 Å². The van der Waals surface area contributed by atoms with E-state index < -0.39 is 0 Å². The highest BCUT2D eigenvalue weighted by Crippen LogP contribution is 2.34. The molecular formula is C20H15N5S. The molecule has 0 bridgehead atoms. The Balaban J connectivity index is 1.55. The van der Waals surface area contributed by atoms with Crippen molar-refractivity contribution in [3.8, 4) is 32.1 Å². The molecule has 0 spiro atoms. The molecule has 0 saturated carbocycles. The lowest BCUT2D eigenvalue weighted by Gasteiger charge is -2.02. The van der Waals surface area contributed by atoms with Gasteiger partial charge >= 0.3 is 0 Å². The molecule has 5 aromatic rings. The zero-order valence-corrected chi connectivity index (χ0v) is 14.9. The van der Waals surface area contributed by atoms with E-state index in [1.54, 1.807) is 17.5 Å². The minimum absolute atomic E-state index is 0.928. The zero-order chi connectivity index (χ0) is 17.5. The van der Waals surface area contributed by atoms with Gasteiger partial charge in [-0.25, -0.2) is 4.98 Å². The molecule has 6 heteroatoms. The van der Waals surface area contributed by atoms with Crippen molar-refractivity contribution in [3.63, 3.8) is 0 Å². The van der Waals surface area contributed by atoms with E-state index in [1.807, 2.05) is 42.6 Å². The summed E-state index contributed by atoms with van der Waals surface area (Å²) in [6, 6.07) is 12.5. The van der Waals surface area contributed by atoms with E-state index in [0.29, 0.717) is 0 Å². The third-order valence-corrected chi connectivity index (χ3v) is 5.51. The predicted octanol–water partition coefficient (Wildman–Crippen LogP) is 4.53. The summed E-state index contributed by atoms with van der Waals surface area (Å²) < 4.78 is 3.93. The summed E-state index contributed by atoms with van der Waals surface area (Å²) in [5, 5.41) is 4.24. The highest BCUT2D eigenvalue weighted by atomic mass is 32.1. The van der Waals surface area contributed by atoms with E-state index in [2.05, 4.69) is 56.0 Å². The molecule has 0 radical (unpaired) electrons. The van der Waals surface area contributed by atoms with E-state index in [1.165, 1.54) is 9.75 Å². The van der Waals surface area contributed by atoms with Gasteiger partial charge in [0.15, 0.2) is 0 Å². The quantitative estimate of drug-likeness (QED) is 0.477. The highest BCUT2D eigenvalue weighted by Gasteiger charge is 2.11. The molecule has 5 nitrogen and oxygen atoms in total. The summed E-state index contributed by atoms with van der Waals surface area (Å²) in [6.07, 6.45) is 11.6. The van der Waals surface area contributed by atoms with Crippen molar-refractivity contribution in [2.24, 2.45) is 7.05 Å². The third kappa shape index (κ3) is 2.51. The van der Waals surface area contributed by atoms with E-state index in [4.69, 9.17) is 0 Å². The number of rotatable bonds is 3. The first-order valence-corrected chi connectivity index (χ1v) is 9.06. The standard InChI is InChI=1S/C20H15N5S/c1-24-13-16(11-23-24)14-6-8-25-17(12-22-20(25)9-14)19-5-4-18(26-19)15-3-2-7-21-10-15/h2-13H,1H3. The average molecular weight is 357 g/mol. The normalized spacial score (nSPS) is 11.3. The van der Waals surface area contributed by atoms with Crippen LogP contribution in [0.2, 0.25) is 0 Å². The Morgan fingerprint density at radius 3 is 2.65 bits per heavy atom. The fourth-order valence-electron chi connectivity index (χ4n) is 3.05. The maximum absolute atomic E-state index is 4.60. The lowest BCUT2D eigenvalue weighted by atomic mass is 10.1. The number of hydrogen-bond donors (Lipinski definition) is 0. The smallest absolute Gasteiger partial charge is 0.137 e. The number of aromatic nitrogens is 5. The molecule has 0 aliphatic rings. The minimum Gasteiger partial charge on any atom is -0.299 e. The minimum atomic E-state index is 0.928. The second-order valence-electron chi connectivity index (χ2n) is 6.10. The van der Waals surface area contributed by atoms with E-state index >= 15 is 0 Å². The topological polar surface area (TPSA) is 48.0 Å². The van der Waals surface area contributed by atoms with Crippen molar-refractivity contribution >= 4 is 17.0 Å². The number of fused-ring (bicyclic) bond motifs is 1. The first kappa shape index (κ1) is 15.0. The second kappa shape index (κ2) is 5.93. The number of thiophene rings is 1. The maximum Gasteiger partial charge on any atom is 0.137 e. The Hall–Kier alpha value is -3.25. The van der Waals surface area contributed by atoms with Crippen LogP contribution in [-0.2, 0) is 7.05 Å². The molecule has 5 heterocycles. The summed E-state index contributed by atoms with van der Waals surface area (Å²) in [6.45, 7) is 0. The molecule has 0 aliphatic heterocycles. The number of nitrogens with zero attached hydrogens (tertiary/aromatic N) is 5. The van der Waals surface area contributed by atoms with Gasteiger partial charge in [-0.1, -0.05) is 6.07 Å². The Morgan fingerprint density at radius 2 is 1.85 bits per heavy atom. The van der Waals surface area contributed by atoms with Crippen LogP contribution in [0.3, 0.4) is 0 Å². The largest absolute Gasteiger partial charge is 0.299 e. The molecule has 0 fully saturated rings. The first-order valence-electron chi connectivity index (χ1n) is 8.25. The molecule has 0 atom stereocenters. The summed E-state index contributed by atoms with van der Waals surface area (Å²) in [5.74, 6) is 0. The average Bonchev–Trinajstić information content (AvgIpc) is 3.40. The summed E-state index contributed by atoms with van der Waals surface area (Å²) in [7, 11) is 1.92. The van der Waals surface area contributed by atoms with Crippen LogP contribution in [0.25, 0.3) is 37.8 Å². The van der Waals surface area contributed by atoms with Crippen molar-refractivity contribution < 1.29 is 0 Å². The molecule has 0 saturated heterocycles. The molecular weight excluding hydrogens is 342 g/mol. The fourth-order valence-corrected chi connectivity index (χ4v) is 4.06. The van der Waals surface area contributed by atoms with Crippen LogP contribution in [0.5, 0.6) is 0 Å². The molecule has 0 N–H and O–H groups in total. The molecule has 126 valence electrons. The summed E-state index contributed by atoms with van der Waals surface area (Å²) >= 11 is 1.75. The van der Waals surface area contributed by atoms with Crippen LogP contribution in [0.1, 0.15) is 0 Å². The number of imidazole rings is 1. The third-order valence-electron chi connectivity index (χ3n) is 4.36. The van der Waals surface area contributed by atoms with Crippen LogP contribution in [0.15, 0.2) is 73.6 Å². The highest BCUT2D eigenvalue weighted by molar-refractivity contribution is 7.18. The van der Waals surface area contributed by atoms with Gasteiger partial charge in [0.1, 0.15) is 5.65 Å². The first-order chi connectivity index (χ1) is 12.8. The van der Waals surface area contributed by atoms with Crippen LogP contribution >= 0.6 is 11.3 Å². The Morgan fingerprint density at radius 1 is 0.923 bits per heavy atom. The van der Waals surface area contributed by atoms with Crippen LogP contribution < -0.4 is 0 Å². The monoisotopic (exact) mass is 357 g/mol. The van der Waals surface area contributed by atoms with Gasteiger partial charge in [0.2, 0.25) is 0 Å². The van der Waals surface area contributed by atoms with Gasteiger partial charge in [0, 0.05) is 47.8 Å². The van der Waals surface area contributed by atoms with Crippen molar-refractivity contribution in [1.82, 2.24) is 24.1 Å². The van der Waals surface area contributed by atoms with Crippen molar-refractivity contribution in [2.45, 2.75) is 0 Å². The van der Waals surface area contributed by atoms with Crippen molar-refractivity contribution in [3.05, 3.63) is 73.6 Å². The van der Waals surface area contributed by atoms with Gasteiger partial charge in [-0.15, -0.1) is 11.3 Å². The number of aryl methyl sites for hydroxylation is 1. The molecule has 0 aromatic carbocycles. The Labute approximate surface area is 154 Å². The number of pyridine rings is 2. The zero-order valence-electron chi connectivity index (χ0n) is 14.1. The van der Waals surface area contributed by atoms with Gasteiger partial charge in [-0.2, -0.15) is 5.10 Å². The van der Waals surface area contributed by atoms with E-state index in [-0.39, 0.29) is 0 Å². The maximum atomic E-state index is 4.60. The molecule has 26 heavy (non-hydrogen) atoms. The summed E-state index contributed by atoms with van der Waals surface area (Å²) in [5.41, 5.74) is 5.37. The number of hydrogen-bond acceptors (Lipinski definition) is 4. The lowest BCUT2D eigenvalue weighted by molar-refractivity contribution is 0.768. The molecule has 0 unspecified atom stereocenters. The molecule has 0 amide bonds. The Bertz CT molecular complexity index is 1200. The second-order valence-corrected chi connectivity index (χ2v) is 7.18. The molecule has 5 aromatic heterocycles. The van der Waals surface area contributed by atoms with Gasteiger partial charge in [0.05, 0.1) is 23.0 Å². The SMILES string of the molecule is Cn1cc(-c2ccn3c(-c4ccc(-c5cccnc5)s4)cnc3c2)cn1. The van der Waals surface area contributed by atoms with Gasteiger partial charge in [-0.05, 0) is 35.9 Å². The fraction of sp³-hybridized carbons (Fsp3) is 0.0500. The van der Waals surface area contributed by atoms with Crippen LogP contribution in [0, 0.1) is 0 Å². The Kier molecular flexibility index (Phi) is 3.43. The van der Waals surface area contributed by atoms with E-state index in [0.717, 1.165) is 28.0 Å². The lowest BCUT2D eigenvalue weighted by Crippen LogP contribution is -1.87. The predicted molar refractivity (Wildman–Crippen MR) is 104 cm³/mol. The van der Waals surface area contributed by atoms with Crippen molar-refractivity contribution in [2.75, 3.05) is 0 Å².